The summed E-state index contributed by atoms with van der Waals surface area (Å²) >= 11 is 1.37. The van der Waals surface area contributed by atoms with Crippen LogP contribution < -0.4 is 10.5 Å². The highest BCUT2D eigenvalue weighted by Gasteiger charge is 2.32. The number of rotatable bonds is 16. The molecule has 2 heterocycles. The van der Waals surface area contributed by atoms with Gasteiger partial charge in [0.15, 0.2) is 12.0 Å². The third kappa shape index (κ3) is 11.2. The van der Waals surface area contributed by atoms with Crippen LogP contribution in [0.3, 0.4) is 0 Å². The minimum Gasteiger partial charge on any atom is -0.497 e. The van der Waals surface area contributed by atoms with Crippen molar-refractivity contribution in [2.75, 3.05) is 32.8 Å². The molecule has 0 amide bonds. The van der Waals surface area contributed by atoms with E-state index in [9.17, 15) is 14.2 Å². The Hall–Kier alpha value is -3.31. The lowest BCUT2D eigenvalue weighted by Crippen LogP contribution is -2.24. The summed E-state index contributed by atoms with van der Waals surface area (Å²) in [6, 6.07) is 7.45. The van der Waals surface area contributed by atoms with Crippen molar-refractivity contribution in [1.82, 2.24) is 19.5 Å². The molecule has 0 radical (unpaired) electrons. The molecule has 3 aromatic rings. The van der Waals surface area contributed by atoms with Crippen LogP contribution >= 0.6 is 19.4 Å². The van der Waals surface area contributed by atoms with Gasteiger partial charge < -0.3 is 29.2 Å². The largest absolute Gasteiger partial charge is 0.497 e. The highest BCUT2D eigenvalue weighted by molar-refractivity contribution is 7.99. The summed E-state index contributed by atoms with van der Waals surface area (Å²) in [7, 11) is -2.71. The number of hydrogen-bond acceptors (Lipinski definition) is 16. The second-order valence-corrected chi connectivity index (χ2v) is 14.8. The van der Waals surface area contributed by atoms with Gasteiger partial charge in [-0.15, -0.1) is 9.35 Å². The molecule has 16 nitrogen and oxygen atoms in total. The van der Waals surface area contributed by atoms with Crippen molar-refractivity contribution in [1.29, 1.82) is 0 Å². The maximum Gasteiger partial charge on any atom is 0.409 e. The van der Waals surface area contributed by atoms with Crippen LogP contribution in [-0.2, 0) is 54.0 Å². The van der Waals surface area contributed by atoms with Gasteiger partial charge >= 0.3 is 19.5 Å². The summed E-state index contributed by atoms with van der Waals surface area (Å²) in [5, 5.41) is 0.555. The number of esters is 2. The lowest BCUT2D eigenvalue weighted by atomic mass is 9.98. The molecule has 18 heteroatoms. The number of imidazole rings is 1. The van der Waals surface area contributed by atoms with Crippen LogP contribution in [0.2, 0.25) is 0 Å². The van der Waals surface area contributed by atoms with Crippen LogP contribution in [0.5, 0.6) is 5.75 Å². The Kier molecular flexibility index (Phi) is 12.9. The zero-order valence-electron chi connectivity index (χ0n) is 27.0. The van der Waals surface area contributed by atoms with Crippen LogP contribution in [0, 0.1) is 10.8 Å². The number of nitrogen functional groups attached to an aromatic ring is 1. The van der Waals surface area contributed by atoms with Crippen LogP contribution in [0.25, 0.3) is 11.2 Å². The molecule has 3 rings (SSSR count). The van der Waals surface area contributed by atoms with Gasteiger partial charge in [-0.1, -0.05) is 11.8 Å². The van der Waals surface area contributed by atoms with Gasteiger partial charge in [-0.05, 0) is 72.7 Å². The zero-order chi connectivity index (χ0) is 34.1. The zero-order valence-corrected chi connectivity index (χ0v) is 28.7. The third-order valence-corrected chi connectivity index (χ3v) is 7.84. The van der Waals surface area contributed by atoms with E-state index in [2.05, 4.69) is 15.0 Å². The molecule has 0 aliphatic heterocycles. The Morgan fingerprint density at radius 3 is 2.04 bits per heavy atom. The van der Waals surface area contributed by atoms with Crippen LogP contribution in [0.1, 0.15) is 48.5 Å². The van der Waals surface area contributed by atoms with Gasteiger partial charge in [0.2, 0.25) is 19.5 Å². The number of methoxy groups -OCH3 is 1. The first-order chi connectivity index (χ1) is 21.5. The maximum absolute atomic E-state index is 13.4. The van der Waals surface area contributed by atoms with E-state index in [1.54, 1.807) is 66.5 Å². The average Bonchev–Trinajstić information content (AvgIpc) is 3.38. The first kappa shape index (κ1) is 37.2. The first-order valence-electron chi connectivity index (χ1n) is 14.0. The molecule has 0 aliphatic carbocycles. The van der Waals surface area contributed by atoms with Crippen LogP contribution in [-0.4, -0.2) is 64.6 Å². The Balaban J connectivity index is 1.65. The quantitative estimate of drug-likeness (QED) is 0.0397. The minimum absolute atomic E-state index is 0.0544. The summed E-state index contributed by atoms with van der Waals surface area (Å²) in [5.74, 6) is -0.380. The molecule has 0 spiro atoms. The smallest absolute Gasteiger partial charge is 0.409 e. The Morgan fingerprint density at radius 1 is 0.957 bits per heavy atom. The number of benzene rings is 1. The number of nitrogens with zero attached hydrogens (tertiary/aromatic N) is 4. The molecule has 0 saturated carbocycles. The Morgan fingerprint density at radius 2 is 1.52 bits per heavy atom. The van der Waals surface area contributed by atoms with Gasteiger partial charge in [0.1, 0.15) is 16.3 Å². The summed E-state index contributed by atoms with van der Waals surface area (Å²) in [4.78, 5) is 47.7. The lowest BCUT2D eigenvalue weighted by molar-refractivity contribution is -0.311. The topological polar surface area (TPSA) is 195 Å². The molecule has 254 valence electrons. The predicted molar refractivity (Wildman–Crippen MR) is 165 cm³/mol. The van der Waals surface area contributed by atoms with E-state index in [1.807, 2.05) is 24.3 Å². The van der Waals surface area contributed by atoms with Gasteiger partial charge in [0.05, 0.1) is 36.9 Å². The van der Waals surface area contributed by atoms with E-state index in [0.29, 0.717) is 16.2 Å². The van der Waals surface area contributed by atoms with Crippen molar-refractivity contribution in [2.24, 2.45) is 10.8 Å². The van der Waals surface area contributed by atoms with Crippen molar-refractivity contribution in [3.63, 3.8) is 0 Å². The van der Waals surface area contributed by atoms with E-state index in [0.717, 1.165) is 10.6 Å². The summed E-state index contributed by atoms with van der Waals surface area (Å²) in [5.41, 5.74) is 5.39. The van der Waals surface area contributed by atoms with Crippen molar-refractivity contribution in [2.45, 2.75) is 71.0 Å². The predicted octanol–water partition coefficient (Wildman–Crippen LogP) is 5.11. The number of carbonyl (C=O) groups excluding carboxylic acids is 2. The van der Waals surface area contributed by atoms with Gasteiger partial charge in [0, 0.05) is 4.90 Å². The number of ether oxygens (including phenoxy) is 4. The Labute approximate surface area is 270 Å². The standard InChI is InChI=1S/C28H40N5O11PS/c1-18(13-33-14-30-21-22(33)31-26(29)32-23(21)46-20-11-9-19(37-8)10-12-20)40-17-45(36,43-41-15-38-24(34)27(2,3)4)44-42-16-39-25(35)28(5,6)7/h9-12,14,18H,13,15-17H2,1-8H3,(H2,29,31,32). The van der Waals surface area contributed by atoms with E-state index >= 15 is 0 Å². The number of carbonyl (C=O) groups is 2. The summed E-state index contributed by atoms with van der Waals surface area (Å²) < 4.78 is 45.8. The highest BCUT2D eigenvalue weighted by atomic mass is 32.2. The van der Waals surface area contributed by atoms with E-state index in [4.69, 9.17) is 43.8 Å². The third-order valence-electron chi connectivity index (χ3n) is 5.73. The van der Waals surface area contributed by atoms with Gasteiger partial charge in [-0.3, -0.25) is 14.2 Å². The van der Waals surface area contributed by atoms with Crippen molar-refractivity contribution < 1.29 is 52.2 Å². The SMILES string of the molecule is COc1ccc(Sc2nc(N)nc3c2ncn3CC(C)OCP(=O)(OOCOC(=O)C(C)(C)C)OOCOC(=O)C(C)(C)C)cc1. The Bertz CT molecular complexity index is 1490. The van der Waals surface area contributed by atoms with Crippen LogP contribution in [0.15, 0.2) is 40.5 Å². The number of anilines is 1. The van der Waals surface area contributed by atoms with Crippen LogP contribution in [0.4, 0.5) is 5.95 Å². The number of hydrogen-bond donors (Lipinski definition) is 1. The van der Waals surface area contributed by atoms with Crippen molar-refractivity contribution in [3.05, 3.63) is 30.6 Å². The molecule has 0 bridgehead atoms. The molecule has 1 unspecified atom stereocenters. The van der Waals surface area contributed by atoms with Crippen molar-refractivity contribution in [3.8, 4) is 5.75 Å². The summed E-state index contributed by atoms with van der Waals surface area (Å²) in [6.07, 6.45) is 0.295. The molecule has 2 N–H and O–H groups in total. The fourth-order valence-corrected chi connectivity index (χ4v) is 5.12. The molecule has 0 saturated heterocycles. The summed E-state index contributed by atoms with van der Waals surface area (Å²) in [6.45, 7) is 10.4. The van der Waals surface area contributed by atoms with E-state index < -0.39 is 56.4 Å². The van der Waals surface area contributed by atoms with Gasteiger partial charge in [-0.25, -0.2) is 9.97 Å². The normalized spacial score (nSPS) is 13.0. The second kappa shape index (κ2) is 16.0. The second-order valence-electron chi connectivity index (χ2n) is 11.9. The molecule has 2 aromatic heterocycles. The highest BCUT2D eigenvalue weighted by Crippen LogP contribution is 2.49. The van der Waals surface area contributed by atoms with E-state index in [1.165, 1.54) is 11.8 Å². The van der Waals surface area contributed by atoms with Crippen molar-refractivity contribution >= 4 is 48.4 Å². The number of fused-ring (bicyclic) bond motifs is 1. The lowest BCUT2D eigenvalue weighted by Gasteiger charge is -2.20. The molecular formula is C28H40N5O11PS. The fourth-order valence-electron chi connectivity index (χ4n) is 3.29. The minimum atomic E-state index is -4.31. The number of aromatic nitrogens is 4. The first-order valence-corrected chi connectivity index (χ1v) is 16.5. The molecule has 46 heavy (non-hydrogen) atoms. The maximum atomic E-state index is 13.4. The average molecular weight is 686 g/mol. The fraction of sp³-hybridized carbons (Fsp3) is 0.536. The molecular weight excluding hydrogens is 645 g/mol. The molecule has 0 aliphatic rings. The van der Waals surface area contributed by atoms with Gasteiger partial charge in [-0.2, -0.15) is 14.8 Å². The molecule has 1 aromatic carbocycles. The van der Waals surface area contributed by atoms with Gasteiger partial charge in [0.25, 0.3) is 0 Å². The molecule has 0 fully saturated rings. The number of nitrogens with two attached hydrogens (primary N) is 1. The molecule has 1 atom stereocenters. The van der Waals surface area contributed by atoms with E-state index in [-0.39, 0.29) is 12.5 Å². The monoisotopic (exact) mass is 685 g/mol.